The summed E-state index contributed by atoms with van der Waals surface area (Å²) in [4.78, 5) is 36.7. The standard InChI is InChI=1S/C14H13BrN2O4/c15-6-7-1-2-8-9(5-7)14(21)17(13(8)20)10-3-4-11(18)16-12(10)19/h1-2,5,10,14,21H,3-4,6H2,(H,16,18,19). The first-order valence-corrected chi connectivity index (χ1v) is 7.68. The molecule has 2 unspecified atom stereocenters. The van der Waals surface area contributed by atoms with Crippen LogP contribution in [-0.2, 0) is 14.9 Å². The van der Waals surface area contributed by atoms with E-state index in [1.54, 1.807) is 18.2 Å². The summed E-state index contributed by atoms with van der Waals surface area (Å²) in [5, 5.41) is 13.2. The molecule has 2 atom stereocenters. The van der Waals surface area contributed by atoms with E-state index in [9.17, 15) is 19.5 Å². The maximum absolute atomic E-state index is 12.4. The van der Waals surface area contributed by atoms with Crippen molar-refractivity contribution in [2.45, 2.75) is 30.4 Å². The Morgan fingerprint density at radius 2 is 2.10 bits per heavy atom. The van der Waals surface area contributed by atoms with E-state index in [-0.39, 0.29) is 24.7 Å². The molecule has 21 heavy (non-hydrogen) atoms. The highest BCUT2D eigenvalue weighted by Crippen LogP contribution is 2.35. The lowest BCUT2D eigenvalue weighted by Gasteiger charge is -2.31. The predicted molar refractivity (Wildman–Crippen MR) is 76.4 cm³/mol. The molecule has 1 saturated heterocycles. The molecule has 2 aliphatic rings. The second kappa shape index (κ2) is 5.23. The number of amides is 3. The maximum atomic E-state index is 12.4. The summed E-state index contributed by atoms with van der Waals surface area (Å²) in [6, 6.07) is 4.39. The molecule has 6 nitrogen and oxygen atoms in total. The van der Waals surface area contributed by atoms with Crippen LogP contribution >= 0.6 is 15.9 Å². The van der Waals surface area contributed by atoms with Gasteiger partial charge in [-0.15, -0.1) is 0 Å². The van der Waals surface area contributed by atoms with Crippen molar-refractivity contribution >= 4 is 33.7 Å². The predicted octanol–water partition coefficient (Wildman–Crippen LogP) is 0.833. The number of benzene rings is 1. The summed E-state index contributed by atoms with van der Waals surface area (Å²) in [7, 11) is 0. The van der Waals surface area contributed by atoms with Crippen LogP contribution in [0, 0.1) is 0 Å². The molecule has 3 rings (SSSR count). The number of carbonyl (C=O) groups is 3. The number of halogens is 1. The van der Waals surface area contributed by atoms with Crippen LogP contribution in [0.1, 0.15) is 40.6 Å². The van der Waals surface area contributed by atoms with E-state index >= 15 is 0 Å². The molecular weight excluding hydrogens is 340 g/mol. The smallest absolute Gasteiger partial charge is 0.257 e. The molecule has 1 fully saturated rings. The highest BCUT2D eigenvalue weighted by molar-refractivity contribution is 9.08. The molecule has 2 N–H and O–H groups in total. The quantitative estimate of drug-likeness (QED) is 0.609. The minimum atomic E-state index is -1.16. The SMILES string of the molecule is O=C1CCC(N2C(=O)c3ccc(CBr)cc3C2O)C(=O)N1. The molecule has 0 aliphatic carbocycles. The van der Waals surface area contributed by atoms with E-state index < -0.39 is 18.2 Å². The Morgan fingerprint density at radius 1 is 1.33 bits per heavy atom. The second-order valence-corrected chi connectivity index (χ2v) is 5.67. The molecule has 1 aromatic rings. The number of aliphatic hydroxyl groups excluding tert-OH is 1. The van der Waals surface area contributed by atoms with Gasteiger partial charge in [0.05, 0.1) is 0 Å². The Bertz CT molecular complexity index is 646. The van der Waals surface area contributed by atoms with Gasteiger partial charge in [0, 0.05) is 22.9 Å². The Morgan fingerprint density at radius 3 is 2.76 bits per heavy atom. The van der Waals surface area contributed by atoms with E-state index in [4.69, 9.17) is 0 Å². The van der Waals surface area contributed by atoms with E-state index in [1.807, 2.05) is 0 Å². The summed E-state index contributed by atoms with van der Waals surface area (Å²) in [6.07, 6.45) is -0.765. The van der Waals surface area contributed by atoms with Gasteiger partial charge in [-0.3, -0.25) is 24.6 Å². The Labute approximate surface area is 129 Å². The fraction of sp³-hybridized carbons (Fsp3) is 0.357. The van der Waals surface area contributed by atoms with Crippen molar-refractivity contribution in [1.29, 1.82) is 0 Å². The topological polar surface area (TPSA) is 86.7 Å². The zero-order chi connectivity index (χ0) is 15.1. The van der Waals surface area contributed by atoms with Crippen LogP contribution in [0.4, 0.5) is 0 Å². The van der Waals surface area contributed by atoms with E-state index in [1.165, 1.54) is 0 Å². The van der Waals surface area contributed by atoms with E-state index in [0.717, 1.165) is 10.5 Å². The van der Waals surface area contributed by atoms with Gasteiger partial charge in [-0.25, -0.2) is 0 Å². The number of nitrogens with one attached hydrogen (secondary N) is 1. The van der Waals surface area contributed by atoms with Gasteiger partial charge in [0.15, 0.2) is 6.23 Å². The van der Waals surface area contributed by atoms with Gasteiger partial charge in [0.1, 0.15) is 6.04 Å². The molecular formula is C14H13BrN2O4. The van der Waals surface area contributed by atoms with Crippen molar-refractivity contribution in [3.05, 3.63) is 34.9 Å². The van der Waals surface area contributed by atoms with Gasteiger partial charge in [0.2, 0.25) is 11.8 Å². The number of imide groups is 1. The van der Waals surface area contributed by atoms with Crippen molar-refractivity contribution in [3.63, 3.8) is 0 Å². The lowest BCUT2D eigenvalue weighted by molar-refractivity contribution is -0.139. The van der Waals surface area contributed by atoms with Crippen molar-refractivity contribution in [2.24, 2.45) is 0 Å². The minimum Gasteiger partial charge on any atom is -0.369 e. The molecule has 0 spiro atoms. The third-order valence-corrected chi connectivity index (χ3v) is 4.47. The third kappa shape index (κ3) is 2.26. The Hall–Kier alpha value is -1.73. The summed E-state index contributed by atoms with van der Waals surface area (Å²) < 4.78 is 0. The summed E-state index contributed by atoms with van der Waals surface area (Å²) in [6.45, 7) is 0. The molecule has 0 aromatic heterocycles. The number of hydrogen-bond donors (Lipinski definition) is 2. The Kier molecular flexibility index (Phi) is 3.54. The van der Waals surface area contributed by atoms with Crippen LogP contribution < -0.4 is 5.32 Å². The first-order valence-electron chi connectivity index (χ1n) is 6.56. The van der Waals surface area contributed by atoms with Gasteiger partial charge >= 0.3 is 0 Å². The number of rotatable bonds is 2. The number of hydrogen-bond acceptors (Lipinski definition) is 4. The van der Waals surface area contributed by atoms with Crippen LogP contribution in [-0.4, -0.2) is 33.8 Å². The zero-order valence-corrected chi connectivity index (χ0v) is 12.6. The first kappa shape index (κ1) is 14.2. The number of alkyl halides is 1. The van der Waals surface area contributed by atoms with Crippen LogP contribution in [0.15, 0.2) is 18.2 Å². The van der Waals surface area contributed by atoms with Crippen molar-refractivity contribution in [2.75, 3.05) is 0 Å². The molecule has 7 heteroatoms. The zero-order valence-electron chi connectivity index (χ0n) is 11.0. The number of aliphatic hydroxyl groups is 1. The highest BCUT2D eigenvalue weighted by atomic mass is 79.9. The van der Waals surface area contributed by atoms with Crippen molar-refractivity contribution in [1.82, 2.24) is 10.2 Å². The highest BCUT2D eigenvalue weighted by Gasteiger charge is 2.44. The Balaban J connectivity index is 1.94. The van der Waals surface area contributed by atoms with Gasteiger partial charge < -0.3 is 5.11 Å². The maximum Gasteiger partial charge on any atom is 0.257 e. The van der Waals surface area contributed by atoms with Crippen molar-refractivity contribution in [3.8, 4) is 0 Å². The number of piperidine rings is 1. The molecule has 3 amide bonds. The fourth-order valence-electron chi connectivity index (χ4n) is 2.76. The molecule has 0 radical (unpaired) electrons. The van der Waals surface area contributed by atoms with Crippen LogP contribution in [0.25, 0.3) is 0 Å². The van der Waals surface area contributed by atoms with Gasteiger partial charge in [-0.05, 0) is 24.1 Å². The number of carbonyl (C=O) groups excluding carboxylic acids is 3. The van der Waals surface area contributed by atoms with E-state index in [0.29, 0.717) is 16.5 Å². The summed E-state index contributed by atoms with van der Waals surface area (Å²) in [5.74, 6) is -1.27. The van der Waals surface area contributed by atoms with Crippen LogP contribution in [0.2, 0.25) is 0 Å². The van der Waals surface area contributed by atoms with Gasteiger partial charge in [-0.1, -0.05) is 22.0 Å². The molecule has 2 heterocycles. The number of nitrogens with zero attached hydrogens (tertiary/aromatic N) is 1. The lowest BCUT2D eigenvalue weighted by atomic mass is 10.0. The average Bonchev–Trinajstić information content (AvgIpc) is 2.71. The molecule has 110 valence electrons. The average molecular weight is 353 g/mol. The van der Waals surface area contributed by atoms with E-state index in [2.05, 4.69) is 21.2 Å². The van der Waals surface area contributed by atoms with Crippen LogP contribution in [0.3, 0.4) is 0 Å². The van der Waals surface area contributed by atoms with Gasteiger partial charge in [0.25, 0.3) is 5.91 Å². The van der Waals surface area contributed by atoms with Gasteiger partial charge in [-0.2, -0.15) is 0 Å². The molecule has 0 bridgehead atoms. The molecule has 1 aromatic carbocycles. The largest absolute Gasteiger partial charge is 0.369 e. The lowest BCUT2D eigenvalue weighted by Crippen LogP contribution is -2.53. The molecule has 2 aliphatic heterocycles. The fourth-order valence-corrected chi connectivity index (χ4v) is 3.11. The monoisotopic (exact) mass is 352 g/mol. The number of fused-ring (bicyclic) bond motifs is 1. The first-order chi connectivity index (χ1) is 10.0. The third-order valence-electron chi connectivity index (χ3n) is 3.82. The molecule has 0 saturated carbocycles. The summed E-state index contributed by atoms with van der Waals surface area (Å²) >= 11 is 3.33. The van der Waals surface area contributed by atoms with Crippen LogP contribution in [0.5, 0.6) is 0 Å². The summed E-state index contributed by atoms with van der Waals surface area (Å²) in [5.41, 5.74) is 1.84. The van der Waals surface area contributed by atoms with Crippen molar-refractivity contribution < 1.29 is 19.5 Å². The normalized spacial score (nSPS) is 25.0. The minimum absolute atomic E-state index is 0.163. The second-order valence-electron chi connectivity index (χ2n) is 5.11.